The van der Waals surface area contributed by atoms with Crippen LogP contribution < -0.4 is 5.73 Å². The molecule has 2 N–H and O–H groups in total. The third kappa shape index (κ3) is 2.49. The fraction of sp³-hybridized carbons (Fsp3) is 0.417. The van der Waals surface area contributed by atoms with Crippen molar-refractivity contribution in [3.8, 4) is 0 Å². The van der Waals surface area contributed by atoms with Gasteiger partial charge in [-0.3, -0.25) is 4.79 Å². The largest absolute Gasteiger partial charge is 0.416 e. The fourth-order valence-electron chi connectivity index (χ4n) is 1.94. The van der Waals surface area contributed by atoms with Crippen LogP contribution in [0.15, 0.2) is 24.3 Å². The number of benzene rings is 1. The molecule has 0 radical (unpaired) electrons. The number of hydrogen-bond acceptors (Lipinski definition) is 2. The lowest BCUT2D eigenvalue weighted by molar-refractivity contribution is -0.137. The van der Waals surface area contributed by atoms with E-state index in [1.165, 1.54) is 12.1 Å². The van der Waals surface area contributed by atoms with Gasteiger partial charge in [0.15, 0.2) is 5.78 Å². The van der Waals surface area contributed by atoms with Gasteiger partial charge in [-0.1, -0.05) is 12.1 Å². The Morgan fingerprint density at radius 3 is 2.12 bits per heavy atom. The average molecular weight is 243 g/mol. The smallest absolute Gasteiger partial charge is 0.328 e. The minimum Gasteiger partial charge on any atom is -0.328 e. The summed E-state index contributed by atoms with van der Waals surface area (Å²) in [6.07, 6.45) is -3.11. The van der Waals surface area contributed by atoms with Gasteiger partial charge in [0, 0.05) is 17.5 Å². The highest BCUT2D eigenvalue weighted by Crippen LogP contribution is 2.32. The van der Waals surface area contributed by atoms with Crippen molar-refractivity contribution in [3.63, 3.8) is 0 Å². The zero-order valence-corrected chi connectivity index (χ0v) is 9.00. The standard InChI is InChI=1S/C12H12F3NO/c13-12(14,15)9-3-1-7(2-4-9)11(17)8-5-10(16)6-8/h1-4,8,10H,5-6,16H2. The zero-order valence-electron chi connectivity index (χ0n) is 9.00. The molecule has 0 spiro atoms. The topological polar surface area (TPSA) is 43.1 Å². The Hall–Kier alpha value is -1.36. The van der Waals surface area contributed by atoms with E-state index >= 15 is 0 Å². The molecule has 1 aliphatic rings. The summed E-state index contributed by atoms with van der Waals surface area (Å²) in [5.41, 5.74) is 5.16. The van der Waals surface area contributed by atoms with E-state index in [4.69, 9.17) is 5.73 Å². The van der Waals surface area contributed by atoms with Crippen molar-refractivity contribution < 1.29 is 18.0 Å². The minimum atomic E-state index is -4.36. The number of Topliss-reactive ketones (excluding diaryl/α,β-unsaturated/α-hetero) is 1. The third-order valence-electron chi connectivity index (χ3n) is 3.04. The monoisotopic (exact) mass is 243 g/mol. The Balaban J connectivity index is 2.10. The first kappa shape index (κ1) is 12.1. The van der Waals surface area contributed by atoms with E-state index in [1.54, 1.807) is 0 Å². The average Bonchev–Trinajstić information content (AvgIpc) is 2.23. The highest BCUT2D eigenvalue weighted by Gasteiger charge is 2.33. The second-order valence-electron chi connectivity index (χ2n) is 4.37. The second-order valence-corrected chi connectivity index (χ2v) is 4.37. The van der Waals surface area contributed by atoms with Gasteiger partial charge in [-0.25, -0.2) is 0 Å². The van der Waals surface area contributed by atoms with Crippen LogP contribution in [0.1, 0.15) is 28.8 Å². The predicted octanol–water partition coefficient (Wildman–Crippen LogP) is 2.63. The van der Waals surface area contributed by atoms with Crippen LogP contribution in [0, 0.1) is 5.92 Å². The van der Waals surface area contributed by atoms with Gasteiger partial charge in [-0.05, 0) is 25.0 Å². The van der Waals surface area contributed by atoms with E-state index in [0.29, 0.717) is 18.4 Å². The van der Waals surface area contributed by atoms with Crippen LogP contribution in [0.3, 0.4) is 0 Å². The number of hydrogen-bond donors (Lipinski definition) is 1. The maximum Gasteiger partial charge on any atom is 0.416 e. The molecule has 0 saturated heterocycles. The minimum absolute atomic E-state index is 0.0541. The molecule has 0 heterocycles. The Morgan fingerprint density at radius 1 is 1.18 bits per heavy atom. The van der Waals surface area contributed by atoms with Crippen molar-refractivity contribution in [1.29, 1.82) is 0 Å². The second kappa shape index (κ2) is 4.14. The number of carbonyl (C=O) groups excluding carboxylic acids is 1. The van der Waals surface area contributed by atoms with Crippen molar-refractivity contribution in [2.75, 3.05) is 0 Å². The lowest BCUT2D eigenvalue weighted by Gasteiger charge is -2.31. The third-order valence-corrected chi connectivity index (χ3v) is 3.04. The maximum atomic E-state index is 12.3. The van der Waals surface area contributed by atoms with Gasteiger partial charge in [-0.15, -0.1) is 0 Å². The first-order chi connectivity index (χ1) is 7.88. The Kier molecular flexibility index (Phi) is 2.95. The quantitative estimate of drug-likeness (QED) is 0.811. The van der Waals surface area contributed by atoms with Crippen LogP contribution >= 0.6 is 0 Å². The molecule has 0 bridgehead atoms. The van der Waals surface area contributed by atoms with Crippen LogP contribution in [0.5, 0.6) is 0 Å². The highest BCUT2D eigenvalue weighted by atomic mass is 19.4. The summed E-state index contributed by atoms with van der Waals surface area (Å²) in [5, 5.41) is 0. The number of rotatable bonds is 2. The normalized spacial score (nSPS) is 24.2. The summed E-state index contributed by atoms with van der Waals surface area (Å²) in [4.78, 5) is 11.8. The molecule has 17 heavy (non-hydrogen) atoms. The molecule has 1 aromatic carbocycles. The van der Waals surface area contributed by atoms with Crippen molar-refractivity contribution >= 4 is 5.78 Å². The lowest BCUT2D eigenvalue weighted by Crippen LogP contribution is -2.40. The molecule has 1 aliphatic carbocycles. The molecule has 1 fully saturated rings. The highest BCUT2D eigenvalue weighted by molar-refractivity contribution is 5.98. The Bertz CT molecular complexity index is 418. The molecule has 1 aromatic rings. The van der Waals surface area contributed by atoms with E-state index in [9.17, 15) is 18.0 Å². The van der Waals surface area contributed by atoms with Crippen molar-refractivity contribution in [2.24, 2.45) is 11.7 Å². The Morgan fingerprint density at radius 2 is 1.71 bits per heavy atom. The molecule has 0 atom stereocenters. The van der Waals surface area contributed by atoms with Crippen LogP contribution in [-0.2, 0) is 6.18 Å². The van der Waals surface area contributed by atoms with Crippen molar-refractivity contribution in [3.05, 3.63) is 35.4 Å². The van der Waals surface area contributed by atoms with Crippen LogP contribution in [0.2, 0.25) is 0 Å². The van der Waals surface area contributed by atoms with Crippen LogP contribution in [0.25, 0.3) is 0 Å². The van der Waals surface area contributed by atoms with E-state index in [0.717, 1.165) is 12.1 Å². The summed E-state index contributed by atoms with van der Waals surface area (Å²) in [7, 11) is 0. The van der Waals surface area contributed by atoms with E-state index in [2.05, 4.69) is 0 Å². The molecule has 1 saturated carbocycles. The zero-order chi connectivity index (χ0) is 12.6. The molecular formula is C12H12F3NO. The van der Waals surface area contributed by atoms with E-state index in [-0.39, 0.29) is 17.7 Å². The number of alkyl halides is 3. The van der Waals surface area contributed by atoms with Gasteiger partial charge in [0.2, 0.25) is 0 Å². The molecule has 92 valence electrons. The first-order valence-electron chi connectivity index (χ1n) is 5.35. The van der Waals surface area contributed by atoms with Crippen molar-refractivity contribution in [2.45, 2.75) is 25.1 Å². The lowest BCUT2D eigenvalue weighted by atomic mass is 9.76. The summed E-state index contributed by atoms with van der Waals surface area (Å²) in [5.74, 6) is -0.234. The molecule has 2 nitrogen and oxygen atoms in total. The summed E-state index contributed by atoms with van der Waals surface area (Å²) >= 11 is 0. The SMILES string of the molecule is NC1CC(C(=O)c2ccc(C(F)(F)F)cc2)C1. The van der Waals surface area contributed by atoms with Gasteiger partial charge < -0.3 is 5.73 Å². The van der Waals surface area contributed by atoms with Gasteiger partial charge in [0.25, 0.3) is 0 Å². The molecule has 0 amide bonds. The maximum absolute atomic E-state index is 12.3. The molecule has 0 aliphatic heterocycles. The molecular weight excluding hydrogens is 231 g/mol. The first-order valence-corrected chi connectivity index (χ1v) is 5.35. The molecule has 5 heteroatoms. The molecule has 0 unspecified atom stereocenters. The number of nitrogens with two attached hydrogens (primary N) is 1. The van der Waals surface area contributed by atoms with Crippen LogP contribution in [-0.4, -0.2) is 11.8 Å². The predicted molar refractivity (Wildman–Crippen MR) is 56.5 cm³/mol. The number of ketones is 1. The Labute approximate surface area is 96.6 Å². The van der Waals surface area contributed by atoms with Crippen molar-refractivity contribution in [1.82, 2.24) is 0 Å². The van der Waals surface area contributed by atoms with E-state index < -0.39 is 11.7 Å². The van der Waals surface area contributed by atoms with Gasteiger partial charge in [0.05, 0.1) is 5.56 Å². The summed E-state index contributed by atoms with van der Waals surface area (Å²) < 4.78 is 36.9. The van der Waals surface area contributed by atoms with Gasteiger partial charge >= 0.3 is 6.18 Å². The number of halogens is 3. The number of carbonyl (C=O) groups is 1. The fourth-order valence-corrected chi connectivity index (χ4v) is 1.94. The van der Waals surface area contributed by atoms with Crippen LogP contribution in [0.4, 0.5) is 13.2 Å². The molecule has 2 rings (SSSR count). The van der Waals surface area contributed by atoms with Gasteiger partial charge in [0.1, 0.15) is 0 Å². The molecule has 0 aromatic heterocycles. The summed E-state index contributed by atoms with van der Waals surface area (Å²) in [6.45, 7) is 0. The summed E-state index contributed by atoms with van der Waals surface area (Å²) in [6, 6.07) is 4.39. The van der Waals surface area contributed by atoms with Gasteiger partial charge in [-0.2, -0.15) is 13.2 Å². The van der Waals surface area contributed by atoms with E-state index in [1.807, 2.05) is 0 Å².